The molecule has 2 aromatic heterocycles. The summed E-state index contributed by atoms with van der Waals surface area (Å²) in [6.45, 7) is 2.21. The van der Waals surface area contributed by atoms with E-state index < -0.39 is 6.29 Å². The lowest BCUT2D eigenvalue weighted by molar-refractivity contribution is -0.895. The molecule has 154 valence electrons. The van der Waals surface area contributed by atoms with Gasteiger partial charge in [-0.2, -0.15) is 0 Å². The summed E-state index contributed by atoms with van der Waals surface area (Å²) in [5.41, 5.74) is 0.842. The van der Waals surface area contributed by atoms with E-state index in [-0.39, 0.29) is 23.8 Å². The number of fused-ring (bicyclic) bond motifs is 3. The molecule has 8 heteroatoms. The number of rotatable bonds is 5. The second-order valence-corrected chi connectivity index (χ2v) is 9.16. The number of nitrogens with one attached hydrogen (secondary N) is 1. The summed E-state index contributed by atoms with van der Waals surface area (Å²) in [6.07, 6.45) is 5.49. The lowest BCUT2D eigenvalue weighted by Gasteiger charge is -2.25. The minimum Gasteiger partial charge on any atom is -0.354 e. The van der Waals surface area contributed by atoms with Gasteiger partial charge in [-0.15, -0.1) is 11.3 Å². The van der Waals surface area contributed by atoms with E-state index in [2.05, 4.69) is 7.05 Å². The standard InChI is InChI=1S/C20H29N3O4S/c1-21-10-9-14-15(11-21)28-19-17(14)18(24)23(13-7-5-4-6-8-13)20(25)22(19)12-16(26-2)27-3/h13,16H,4-12H2,1-3H3/p+1. The molecule has 7 nitrogen and oxygen atoms in total. The minimum atomic E-state index is -0.523. The monoisotopic (exact) mass is 408 g/mol. The van der Waals surface area contributed by atoms with Crippen LogP contribution in [0.1, 0.15) is 48.6 Å². The number of nitrogens with zero attached hydrogens (tertiary/aromatic N) is 2. The van der Waals surface area contributed by atoms with E-state index in [0.29, 0.717) is 0 Å². The van der Waals surface area contributed by atoms with Gasteiger partial charge in [-0.25, -0.2) is 4.79 Å². The van der Waals surface area contributed by atoms with Crippen LogP contribution in [0, 0.1) is 0 Å². The van der Waals surface area contributed by atoms with Crippen LogP contribution in [-0.4, -0.2) is 43.2 Å². The summed E-state index contributed by atoms with van der Waals surface area (Å²) in [5.74, 6) is 0. The van der Waals surface area contributed by atoms with E-state index in [9.17, 15) is 9.59 Å². The fraction of sp³-hybridized carbons (Fsp3) is 0.700. The zero-order valence-corrected chi connectivity index (χ0v) is 17.8. The molecule has 0 bridgehead atoms. The highest BCUT2D eigenvalue weighted by atomic mass is 32.1. The molecular formula is C20H30N3O4S+. The predicted molar refractivity (Wildman–Crippen MR) is 109 cm³/mol. The van der Waals surface area contributed by atoms with Gasteiger partial charge in [0.1, 0.15) is 11.4 Å². The smallest absolute Gasteiger partial charge is 0.332 e. The van der Waals surface area contributed by atoms with E-state index >= 15 is 0 Å². The molecule has 1 aliphatic heterocycles. The number of methoxy groups -OCH3 is 2. The summed E-state index contributed by atoms with van der Waals surface area (Å²) in [6, 6.07) is 0.000351. The molecule has 1 aliphatic carbocycles. The van der Waals surface area contributed by atoms with Gasteiger partial charge < -0.3 is 14.4 Å². The van der Waals surface area contributed by atoms with Crippen LogP contribution in [0.15, 0.2) is 9.59 Å². The zero-order valence-electron chi connectivity index (χ0n) is 17.0. The molecule has 0 amide bonds. The number of ether oxygens (including phenoxy) is 2. The van der Waals surface area contributed by atoms with Gasteiger partial charge in [0, 0.05) is 26.7 Å². The number of thiophene rings is 1. The first-order chi connectivity index (χ1) is 13.5. The van der Waals surface area contributed by atoms with E-state index in [1.165, 1.54) is 16.2 Å². The number of hydrogen-bond donors (Lipinski definition) is 1. The molecule has 1 saturated carbocycles. The fourth-order valence-corrected chi connectivity index (χ4v) is 6.11. The molecule has 2 aliphatic rings. The average molecular weight is 409 g/mol. The first-order valence-electron chi connectivity index (χ1n) is 10.2. The van der Waals surface area contributed by atoms with Crippen molar-refractivity contribution in [1.82, 2.24) is 9.13 Å². The number of quaternary nitrogens is 1. The molecule has 0 spiro atoms. The summed E-state index contributed by atoms with van der Waals surface area (Å²) >= 11 is 1.59. The van der Waals surface area contributed by atoms with Crippen molar-refractivity contribution in [2.24, 2.45) is 0 Å². The Morgan fingerprint density at radius 1 is 1.18 bits per heavy atom. The number of hydrogen-bond acceptors (Lipinski definition) is 5. The lowest BCUT2D eigenvalue weighted by atomic mass is 9.95. The quantitative estimate of drug-likeness (QED) is 0.748. The molecule has 1 unspecified atom stereocenters. The van der Waals surface area contributed by atoms with Gasteiger partial charge in [-0.05, 0) is 18.4 Å². The summed E-state index contributed by atoms with van der Waals surface area (Å²) in [4.78, 5) is 30.4. The number of aromatic nitrogens is 2. The van der Waals surface area contributed by atoms with Gasteiger partial charge in [-0.1, -0.05) is 19.3 Å². The van der Waals surface area contributed by atoms with E-state index in [1.54, 1.807) is 34.7 Å². The van der Waals surface area contributed by atoms with Crippen molar-refractivity contribution in [2.75, 3.05) is 27.8 Å². The van der Waals surface area contributed by atoms with Crippen molar-refractivity contribution >= 4 is 21.6 Å². The van der Waals surface area contributed by atoms with Gasteiger partial charge in [0.15, 0.2) is 6.29 Å². The highest BCUT2D eigenvalue weighted by molar-refractivity contribution is 7.18. The first kappa shape index (κ1) is 19.8. The Kier molecular flexibility index (Phi) is 5.73. The third-order valence-electron chi connectivity index (χ3n) is 6.25. The molecule has 28 heavy (non-hydrogen) atoms. The molecule has 2 aromatic rings. The third kappa shape index (κ3) is 3.36. The highest BCUT2D eigenvalue weighted by Crippen LogP contribution is 2.32. The van der Waals surface area contributed by atoms with Crippen LogP contribution in [0.25, 0.3) is 10.2 Å². The Bertz CT molecular complexity index is 966. The molecular weight excluding hydrogens is 378 g/mol. The van der Waals surface area contributed by atoms with Crippen LogP contribution in [-0.2, 0) is 29.0 Å². The van der Waals surface area contributed by atoms with Gasteiger partial charge in [0.05, 0.1) is 30.4 Å². The van der Waals surface area contributed by atoms with Crippen LogP contribution in [0.4, 0.5) is 0 Å². The maximum Gasteiger partial charge on any atom is 0.332 e. The van der Waals surface area contributed by atoms with Crippen LogP contribution in [0.5, 0.6) is 0 Å². The molecule has 0 aromatic carbocycles. The van der Waals surface area contributed by atoms with Crippen molar-refractivity contribution in [2.45, 2.75) is 63.9 Å². The Balaban J connectivity index is 1.96. The van der Waals surface area contributed by atoms with Gasteiger partial charge in [0.25, 0.3) is 5.56 Å². The van der Waals surface area contributed by atoms with Gasteiger partial charge in [-0.3, -0.25) is 13.9 Å². The van der Waals surface area contributed by atoms with E-state index in [1.807, 2.05) is 0 Å². The molecule has 0 radical (unpaired) electrons. The SMILES string of the molecule is COC(Cn1c(=O)n(C2CCCCC2)c(=O)c2c3c(sc21)C[NH+](C)CC3)OC. The predicted octanol–water partition coefficient (Wildman–Crippen LogP) is 0.920. The second kappa shape index (κ2) is 8.10. The van der Waals surface area contributed by atoms with Crippen LogP contribution in [0.3, 0.4) is 0 Å². The summed E-state index contributed by atoms with van der Waals surface area (Å²) in [7, 11) is 5.32. The first-order valence-corrected chi connectivity index (χ1v) is 11.0. The average Bonchev–Trinajstić information content (AvgIpc) is 3.07. The maximum absolute atomic E-state index is 13.5. The van der Waals surface area contributed by atoms with Crippen molar-refractivity contribution in [1.29, 1.82) is 0 Å². The molecule has 1 atom stereocenters. The van der Waals surface area contributed by atoms with Gasteiger partial charge >= 0.3 is 5.69 Å². The van der Waals surface area contributed by atoms with Crippen molar-refractivity contribution in [3.05, 3.63) is 31.3 Å². The van der Waals surface area contributed by atoms with E-state index in [4.69, 9.17) is 9.47 Å². The Morgan fingerprint density at radius 2 is 1.89 bits per heavy atom. The molecule has 3 heterocycles. The highest BCUT2D eigenvalue weighted by Gasteiger charge is 2.29. The van der Waals surface area contributed by atoms with E-state index in [0.717, 1.165) is 61.0 Å². The van der Waals surface area contributed by atoms with Crippen LogP contribution >= 0.6 is 11.3 Å². The molecule has 0 saturated heterocycles. The van der Waals surface area contributed by atoms with Crippen molar-refractivity contribution in [3.63, 3.8) is 0 Å². The number of likely N-dealkylation sites (N-methyl/N-ethyl adjacent to an activating group) is 1. The Labute approximate surface area is 168 Å². The van der Waals surface area contributed by atoms with Crippen molar-refractivity contribution < 1.29 is 14.4 Å². The molecule has 1 N–H and O–H groups in total. The van der Waals surface area contributed by atoms with Crippen molar-refractivity contribution in [3.8, 4) is 0 Å². The third-order valence-corrected chi connectivity index (χ3v) is 7.50. The van der Waals surface area contributed by atoms with Crippen LogP contribution in [0.2, 0.25) is 0 Å². The molecule has 4 rings (SSSR count). The molecule has 1 fully saturated rings. The Hall–Kier alpha value is -1.48. The van der Waals surface area contributed by atoms with Crippen LogP contribution < -0.4 is 16.1 Å². The largest absolute Gasteiger partial charge is 0.354 e. The Morgan fingerprint density at radius 3 is 2.57 bits per heavy atom. The summed E-state index contributed by atoms with van der Waals surface area (Å²) < 4.78 is 14.0. The topological polar surface area (TPSA) is 66.9 Å². The fourth-order valence-electron chi connectivity index (χ4n) is 4.66. The minimum absolute atomic E-state index is 0.000351. The zero-order chi connectivity index (χ0) is 19.8. The lowest BCUT2D eigenvalue weighted by Crippen LogP contribution is -3.08. The summed E-state index contributed by atoms with van der Waals surface area (Å²) in [5, 5.41) is 0.753. The van der Waals surface area contributed by atoms with Gasteiger partial charge in [0.2, 0.25) is 0 Å². The normalized spacial score (nSPS) is 20.8. The maximum atomic E-state index is 13.5. The second-order valence-electron chi connectivity index (χ2n) is 8.08.